The SMILES string of the molecule is Cc1ccc2c(c1)C(c1ccccc1)N(C(=O)c1ccccc1C)CC(=O)N2. The molecule has 3 aromatic carbocycles. The van der Waals surface area contributed by atoms with Gasteiger partial charge in [0.1, 0.15) is 6.54 Å². The Labute approximate surface area is 164 Å². The number of carbonyl (C=O) groups excluding carboxylic acids is 2. The normalized spacial score (nSPS) is 16.1. The summed E-state index contributed by atoms with van der Waals surface area (Å²) < 4.78 is 0. The van der Waals surface area contributed by atoms with Crippen molar-refractivity contribution in [2.75, 3.05) is 11.9 Å². The van der Waals surface area contributed by atoms with E-state index in [4.69, 9.17) is 0 Å². The number of amides is 2. The molecule has 140 valence electrons. The summed E-state index contributed by atoms with van der Waals surface area (Å²) in [7, 11) is 0. The Balaban J connectivity index is 1.91. The van der Waals surface area contributed by atoms with Gasteiger partial charge < -0.3 is 10.2 Å². The molecule has 0 bridgehead atoms. The zero-order chi connectivity index (χ0) is 19.7. The van der Waals surface area contributed by atoms with Gasteiger partial charge in [0.25, 0.3) is 5.91 Å². The Kier molecular flexibility index (Phi) is 4.70. The predicted octanol–water partition coefficient (Wildman–Crippen LogP) is 4.49. The van der Waals surface area contributed by atoms with Gasteiger partial charge in [-0.3, -0.25) is 9.59 Å². The summed E-state index contributed by atoms with van der Waals surface area (Å²) in [6, 6.07) is 23.0. The van der Waals surface area contributed by atoms with Crippen LogP contribution in [0.1, 0.15) is 38.7 Å². The third-order valence-corrected chi connectivity index (χ3v) is 5.15. The first-order valence-electron chi connectivity index (χ1n) is 9.36. The van der Waals surface area contributed by atoms with Crippen LogP contribution >= 0.6 is 0 Å². The minimum absolute atomic E-state index is 0.000453. The summed E-state index contributed by atoms with van der Waals surface area (Å²) >= 11 is 0. The Morgan fingerprint density at radius 1 is 0.964 bits per heavy atom. The van der Waals surface area contributed by atoms with Crippen molar-refractivity contribution in [2.24, 2.45) is 0 Å². The number of benzene rings is 3. The zero-order valence-corrected chi connectivity index (χ0v) is 16.0. The summed E-state index contributed by atoms with van der Waals surface area (Å²) in [5, 5.41) is 2.97. The van der Waals surface area contributed by atoms with E-state index in [0.717, 1.165) is 27.9 Å². The number of nitrogens with zero attached hydrogens (tertiary/aromatic N) is 1. The summed E-state index contributed by atoms with van der Waals surface area (Å²) in [5.74, 6) is -0.332. The van der Waals surface area contributed by atoms with Gasteiger partial charge in [-0.05, 0) is 37.1 Å². The quantitative estimate of drug-likeness (QED) is 0.723. The second-order valence-corrected chi connectivity index (χ2v) is 7.20. The van der Waals surface area contributed by atoms with Gasteiger partial charge in [-0.15, -0.1) is 0 Å². The maximum absolute atomic E-state index is 13.5. The van der Waals surface area contributed by atoms with Crippen LogP contribution in [0.5, 0.6) is 0 Å². The first-order chi connectivity index (χ1) is 13.5. The minimum atomic E-state index is -0.345. The Morgan fingerprint density at radius 3 is 2.43 bits per heavy atom. The van der Waals surface area contributed by atoms with Gasteiger partial charge in [-0.2, -0.15) is 0 Å². The Morgan fingerprint density at radius 2 is 1.68 bits per heavy atom. The average molecular weight is 370 g/mol. The van der Waals surface area contributed by atoms with E-state index in [0.29, 0.717) is 5.56 Å². The van der Waals surface area contributed by atoms with Crippen LogP contribution in [0, 0.1) is 13.8 Å². The molecule has 0 saturated heterocycles. The lowest BCUT2D eigenvalue weighted by atomic mass is 9.93. The fraction of sp³-hybridized carbons (Fsp3) is 0.167. The highest BCUT2D eigenvalue weighted by Crippen LogP contribution is 2.37. The van der Waals surface area contributed by atoms with Crippen LogP contribution in [0.3, 0.4) is 0 Å². The molecule has 0 radical (unpaired) electrons. The molecule has 1 aliphatic rings. The smallest absolute Gasteiger partial charge is 0.255 e. The van der Waals surface area contributed by atoms with E-state index < -0.39 is 0 Å². The highest BCUT2D eigenvalue weighted by molar-refractivity contribution is 6.02. The van der Waals surface area contributed by atoms with Crippen molar-refractivity contribution in [2.45, 2.75) is 19.9 Å². The number of nitrogens with one attached hydrogen (secondary N) is 1. The number of carbonyl (C=O) groups is 2. The molecule has 0 aliphatic carbocycles. The minimum Gasteiger partial charge on any atom is -0.324 e. The number of rotatable bonds is 2. The highest BCUT2D eigenvalue weighted by Gasteiger charge is 2.34. The molecule has 2 amide bonds. The molecule has 1 heterocycles. The van der Waals surface area contributed by atoms with Gasteiger partial charge in [0.2, 0.25) is 5.91 Å². The van der Waals surface area contributed by atoms with Crippen molar-refractivity contribution in [3.8, 4) is 0 Å². The molecule has 1 atom stereocenters. The van der Waals surface area contributed by atoms with Gasteiger partial charge in [-0.1, -0.05) is 66.2 Å². The molecular weight excluding hydrogens is 348 g/mol. The summed E-state index contributed by atoms with van der Waals surface area (Å²) in [5.41, 5.74) is 5.26. The van der Waals surface area contributed by atoms with Crippen molar-refractivity contribution in [3.05, 3.63) is 101 Å². The molecule has 0 saturated carbocycles. The summed E-state index contributed by atoms with van der Waals surface area (Å²) in [6.07, 6.45) is 0. The maximum atomic E-state index is 13.5. The second kappa shape index (κ2) is 7.31. The molecule has 3 aromatic rings. The number of aryl methyl sites for hydroxylation is 2. The Hall–Kier alpha value is -3.40. The van der Waals surface area contributed by atoms with Crippen LogP contribution in [0.4, 0.5) is 5.69 Å². The lowest BCUT2D eigenvalue weighted by Crippen LogP contribution is -2.39. The molecule has 0 spiro atoms. The summed E-state index contributed by atoms with van der Waals surface area (Å²) in [4.78, 5) is 27.9. The Bertz CT molecular complexity index is 1040. The van der Waals surface area contributed by atoms with Crippen molar-refractivity contribution >= 4 is 17.5 Å². The molecular formula is C24H22N2O2. The monoisotopic (exact) mass is 370 g/mol. The van der Waals surface area contributed by atoms with Gasteiger partial charge in [0.15, 0.2) is 0 Å². The van der Waals surface area contributed by atoms with E-state index in [1.165, 1.54) is 0 Å². The number of hydrogen-bond acceptors (Lipinski definition) is 2. The van der Waals surface area contributed by atoms with E-state index in [-0.39, 0.29) is 24.4 Å². The fourth-order valence-corrected chi connectivity index (χ4v) is 3.78. The van der Waals surface area contributed by atoms with E-state index in [1.807, 2.05) is 80.6 Å². The molecule has 0 aromatic heterocycles. The lowest BCUT2D eigenvalue weighted by molar-refractivity contribution is -0.117. The molecule has 1 unspecified atom stereocenters. The zero-order valence-electron chi connectivity index (χ0n) is 16.0. The van der Waals surface area contributed by atoms with E-state index in [1.54, 1.807) is 4.90 Å². The van der Waals surface area contributed by atoms with E-state index in [2.05, 4.69) is 11.4 Å². The predicted molar refractivity (Wildman–Crippen MR) is 110 cm³/mol. The average Bonchev–Trinajstić information content (AvgIpc) is 2.84. The fourth-order valence-electron chi connectivity index (χ4n) is 3.78. The largest absolute Gasteiger partial charge is 0.324 e. The van der Waals surface area contributed by atoms with Crippen molar-refractivity contribution in [1.82, 2.24) is 4.90 Å². The number of hydrogen-bond donors (Lipinski definition) is 1. The van der Waals surface area contributed by atoms with Crippen molar-refractivity contribution in [1.29, 1.82) is 0 Å². The molecule has 1 N–H and O–H groups in total. The molecule has 28 heavy (non-hydrogen) atoms. The van der Waals surface area contributed by atoms with E-state index >= 15 is 0 Å². The van der Waals surface area contributed by atoms with Gasteiger partial charge in [0, 0.05) is 16.8 Å². The maximum Gasteiger partial charge on any atom is 0.255 e. The molecule has 1 aliphatic heterocycles. The molecule has 4 rings (SSSR count). The van der Waals surface area contributed by atoms with Gasteiger partial charge in [-0.25, -0.2) is 0 Å². The van der Waals surface area contributed by atoms with Crippen LogP contribution in [0.15, 0.2) is 72.8 Å². The van der Waals surface area contributed by atoms with Crippen LogP contribution < -0.4 is 5.32 Å². The third-order valence-electron chi connectivity index (χ3n) is 5.15. The molecule has 4 heteroatoms. The second-order valence-electron chi connectivity index (χ2n) is 7.20. The van der Waals surface area contributed by atoms with Crippen molar-refractivity contribution in [3.63, 3.8) is 0 Å². The van der Waals surface area contributed by atoms with Crippen LogP contribution in [-0.2, 0) is 4.79 Å². The highest BCUT2D eigenvalue weighted by atomic mass is 16.2. The lowest BCUT2D eigenvalue weighted by Gasteiger charge is -2.31. The number of fused-ring (bicyclic) bond motifs is 1. The van der Waals surface area contributed by atoms with Crippen LogP contribution in [0.25, 0.3) is 0 Å². The van der Waals surface area contributed by atoms with Gasteiger partial charge >= 0.3 is 0 Å². The van der Waals surface area contributed by atoms with Gasteiger partial charge in [0.05, 0.1) is 6.04 Å². The first-order valence-corrected chi connectivity index (χ1v) is 9.36. The first kappa shape index (κ1) is 18.0. The van der Waals surface area contributed by atoms with Crippen LogP contribution in [0.2, 0.25) is 0 Å². The van der Waals surface area contributed by atoms with Crippen LogP contribution in [-0.4, -0.2) is 23.3 Å². The third kappa shape index (κ3) is 3.29. The van der Waals surface area contributed by atoms with Crippen molar-refractivity contribution < 1.29 is 9.59 Å². The molecule has 4 nitrogen and oxygen atoms in total. The molecule has 0 fully saturated rings. The number of anilines is 1. The summed E-state index contributed by atoms with van der Waals surface area (Å²) in [6.45, 7) is 3.93. The topological polar surface area (TPSA) is 49.4 Å². The van der Waals surface area contributed by atoms with E-state index in [9.17, 15) is 9.59 Å². The standard InChI is InChI=1S/C24H22N2O2/c1-16-12-13-21-20(14-16)23(18-9-4-3-5-10-18)26(15-22(27)25-21)24(28)19-11-7-6-8-17(19)2/h3-14,23H,15H2,1-2H3,(H,25,27).